The number of carbonyl (C=O) groups is 3. The average Bonchev–Trinajstić information content (AvgIpc) is 2.94. The number of β-lactam (4-membered cyclic amide) rings is 1. The molecule has 0 radical (unpaired) electrons. The van der Waals surface area contributed by atoms with Gasteiger partial charge in [-0.3, -0.25) is 14.6 Å². The SMILES string of the molecule is CC1(C)SC2[C@H](NC(=O)CCNc3ccnc4cc(Cl)ccc34)C(=O)N2[C@H]1C(=O)O. The molecule has 0 aliphatic carbocycles. The maximum atomic E-state index is 12.5. The van der Waals surface area contributed by atoms with Gasteiger partial charge in [-0.15, -0.1) is 11.8 Å². The van der Waals surface area contributed by atoms with E-state index in [9.17, 15) is 19.5 Å². The number of aliphatic carboxylic acids is 1. The number of benzene rings is 1. The monoisotopic (exact) mass is 448 g/mol. The lowest BCUT2D eigenvalue weighted by Crippen LogP contribution is -2.70. The van der Waals surface area contributed by atoms with E-state index in [0.717, 1.165) is 16.6 Å². The molecular weight excluding hydrogens is 428 g/mol. The molecule has 8 nitrogen and oxygen atoms in total. The number of hydrogen-bond donors (Lipinski definition) is 3. The highest BCUT2D eigenvalue weighted by molar-refractivity contribution is 8.01. The number of rotatable bonds is 6. The number of amides is 2. The first-order valence-electron chi connectivity index (χ1n) is 9.49. The minimum Gasteiger partial charge on any atom is -0.480 e. The first kappa shape index (κ1) is 20.7. The van der Waals surface area contributed by atoms with E-state index >= 15 is 0 Å². The summed E-state index contributed by atoms with van der Waals surface area (Å²) < 4.78 is -0.613. The van der Waals surface area contributed by atoms with Crippen LogP contribution >= 0.6 is 23.4 Å². The van der Waals surface area contributed by atoms with E-state index in [1.54, 1.807) is 32.2 Å². The number of carboxylic acid groups (broad SMARTS) is 1. The Morgan fingerprint density at radius 3 is 2.83 bits per heavy atom. The molecule has 10 heteroatoms. The number of fused-ring (bicyclic) bond motifs is 2. The smallest absolute Gasteiger partial charge is 0.327 e. The van der Waals surface area contributed by atoms with Crippen molar-refractivity contribution in [2.24, 2.45) is 0 Å². The molecule has 2 aromatic rings. The standard InChI is InChI=1S/C20H21ClN4O4S/c1-20(2)16(19(28)29)25-17(27)15(18(25)30-20)24-14(26)6-8-22-12-5-7-23-13-9-10(21)3-4-11(12)13/h3-5,7,9,15-16,18H,6,8H2,1-2H3,(H,22,23)(H,24,26)(H,28,29)/t15-,16+,18?/m1/s1. The summed E-state index contributed by atoms with van der Waals surface area (Å²) in [6.45, 7) is 3.98. The zero-order valence-corrected chi connectivity index (χ0v) is 18.0. The number of aromatic nitrogens is 1. The number of halogens is 1. The van der Waals surface area contributed by atoms with Crippen LogP contribution in [0.15, 0.2) is 30.5 Å². The van der Waals surface area contributed by atoms with Crippen LogP contribution in [-0.2, 0) is 14.4 Å². The number of carboxylic acids is 1. The molecule has 1 unspecified atom stereocenters. The molecule has 4 rings (SSSR count). The summed E-state index contributed by atoms with van der Waals surface area (Å²) in [6, 6.07) is 5.67. The Hall–Kier alpha value is -2.52. The molecule has 30 heavy (non-hydrogen) atoms. The quantitative estimate of drug-likeness (QED) is 0.581. The lowest BCUT2D eigenvalue weighted by atomic mass is 9.96. The van der Waals surface area contributed by atoms with E-state index in [-0.39, 0.29) is 23.6 Å². The second-order valence-electron chi connectivity index (χ2n) is 7.84. The number of anilines is 1. The first-order chi connectivity index (χ1) is 14.2. The molecule has 3 atom stereocenters. The summed E-state index contributed by atoms with van der Waals surface area (Å²) in [6.07, 6.45) is 1.84. The summed E-state index contributed by atoms with van der Waals surface area (Å²) in [5, 5.41) is 16.6. The molecule has 0 bridgehead atoms. The van der Waals surface area contributed by atoms with Gasteiger partial charge >= 0.3 is 5.97 Å². The lowest BCUT2D eigenvalue weighted by molar-refractivity contribution is -0.161. The molecule has 1 aromatic heterocycles. The van der Waals surface area contributed by atoms with E-state index in [0.29, 0.717) is 11.6 Å². The van der Waals surface area contributed by atoms with Crippen LogP contribution in [0.25, 0.3) is 10.9 Å². The molecule has 2 aliphatic heterocycles. The molecule has 0 saturated carbocycles. The van der Waals surface area contributed by atoms with Crippen molar-refractivity contribution in [3.05, 3.63) is 35.5 Å². The van der Waals surface area contributed by atoms with Crippen LogP contribution in [-0.4, -0.2) is 61.5 Å². The van der Waals surface area contributed by atoms with Gasteiger partial charge in [0.2, 0.25) is 11.8 Å². The fourth-order valence-corrected chi connectivity index (χ4v) is 5.77. The van der Waals surface area contributed by atoms with Gasteiger partial charge in [-0.25, -0.2) is 4.79 Å². The van der Waals surface area contributed by atoms with Crippen molar-refractivity contribution in [1.82, 2.24) is 15.2 Å². The Balaban J connectivity index is 1.34. The zero-order valence-electron chi connectivity index (χ0n) is 16.4. The summed E-state index contributed by atoms with van der Waals surface area (Å²) in [4.78, 5) is 42.0. The number of nitrogens with one attached hydrogen (secondary N) is 2. The molecule has 2 saturated heterocycles. The molecular formula is C20H21ClN4O4S. The highest BCUT2D eigenvalue weighted by Gasteiger charge is 2.64. The van der Waals surface area contributed by atoms with Crippen molar-refractivity contribution in [2.75, 3.05) is 11.9 Å². The summed E-state index contributed by atoms with van der Waals surface area (Å²) in [5.74, 6) is -1.63. The van der Waals surface area contributed by atoms with Gasteiger partial charge in [-0.2, -0.15) is 0 Å². The summed E-state index contributed by atoms with van der Waals surface area (Å²) in [7, 11) is 0. The number of carbonyl (C=O) groups excluding carboxylic acids is 2. The first-order valence-corrected chi connectivity index (χ1v) is 10.7. The van der Waals surface area contributed by atoms with Crippen LogP contribution in [0.2, 0.25) is 5.02 Å². The average molecular weight is 449 g/mol. The Labute approximate surface area is 182 Å². The van der Waals surface area contributed by atoms with Crippen molar-refractivity contribution in [3.8, 4) is 0 Å². The van der Waals surface area contributed by atoms with Crippen LogP contribution in [0.1, 0.15) is 20.3 Å². The van der Waals surface area contributed by atoms with Crippen molar-refractivity contribution < 1.29 is 19.5 Å². The highest BCUT2D eigenvalue weighted by atomic mass is 35.5. The van der Waals surface area contributed by atoms with E-state index < -0.39 is 22.8 Å². The normalized spacial score (nSPS) is 24.3. The maximum absolute atomic E-state index is 12.5. The Morgan fingerprint density at radius 2 is 2.10 bits per heavy atom. The zero-order chi connectivity index (χ0) is 21.6. The predicted molar refractivity (Wildman–Crippen MR) is 116 cm³/mol. The van der Waals surface area contributed by atoms with E-state index in [1.807, 2.05) is 12.1 Å². The van der Waals surface area contributed by atoms with E-state index in [4.69, 9.17) is 11.6 Å². The van der Waals surface area contributed by atoms with Gasteiger partial charge in [-0.05, 0) is 38.1 Å². The fraction of sp³-hybridized carbons (Fsp3) is 0.400. The third kappa shape index (κ3) is 3.56. The Kier molecular flexibility index (Phi) is 5.27. The second kappa shape index (κ2) is 7.63. The fourth-order valence-electron chi connectivity index (χ4n) is 3.98. The topological polar surface area (TPSA) is 112 Å². The van der Waals surface area contributed by atoms with Crippen molar-refractivity contribution in [1.29, 1.82) is 0 Å². The third-order valence-electron chi connectivity index (χ3n) is 5.36. The summed E-state index contributed by atoms with van der Waals surface area (Å²) >= 11 is 7.41. The number of nitrogens with zero attached hydrogens (tertiary/aromatic N) is 2. The predicted octanol–water partition coefficient (Wildman–Crippen LogP) is 2.32. The Morgan fingerprint density at radius 1 is 1.33 bits per heavy atom. The number of hydrogen-bond acceptors (Lipinski definition) is 6. The molecule has 3 N–H and O–H groups in total. The molecule has 2 amide bonds. The van der Waals surface area contributed by atoms with Crippen LogP contribution in [0.4, 0.5) is 5.69 Å². The van der Waals surface area contributed by atoms with Gasteiger partial charge in [-0.1, -0.05) is 11.6 Å². The minimum absolute atomic E-state index is 0.171. The molecule has 1 aromatic carbocycles. The van der Waals surface area contributed by atoms with Crippen molar-refractivity contribution in [2.45, 2.75) is 42.5 Å². The third-order valence-corrected chi connectivity index (χ3v) is 7.17. The maximum Gasteiger partial charge on any atom is 0.327 e. The number of thioether (sulfide) groups is 1. The van der Waals surface area contributed by atoms with E-state index in [2.05, 4.69) is 15.6 Å². The van der Waals surface area contributed by atoms with Gasteiger partial charge in [0.25, 0.3) is 0 Å². The molecule has 158 valence electrons. The second-order valence-corrected chi connectivity index (χ2v) is 10.0. The molecule has 2 aliphatic rings. The van der Waals surface area contributed by atoms with Crippen molar-refractivity contribution in [3.63, 3.8) is 0 Å². The lowest BCUT2D eigenvalue weighted by Gasteiger charge is -2.43. The largest absolute Gasteiger partial charge is 0.480 e. The van der Waals surface area contributed by atoms with Gasteiger partial charge in [0.15, 0.2) is 0 Å². The van der Waals surface area contributed by atoms with Crippen LogP contribution < -0.4 is 10.6 Å². The molecule has 3 heterocycles. The number of pyridine rings is 1. The highest BCUT2D eigenvalue weighted by Crippen LogP contribution is 2.50. The van der Waals surface area contributed by atoms with E-state index in [1.165, 1.54) is 16.7 Å². The molecule has 2 fully saturated rings. The van der Waals surface area contributed by atoms with Gasteiger partial charge < -0.3 is 20.6 Å². The Bertz CT molecular complexity index is 1050. The summed E-state index contributed by atoms with van der Waals surface area (Å²) in [5.41, 5.74) is 1.60. The minimum atomic E-state index is -1.02. The van der Waals surface area contributed by atoms with Gasteiger partial charge in [0, 0.05) is 40.0 Å². The molecule has 0 spiro atoms. The van der Waals surface area contributed by atoms with Crippen LogP contribution in [0.3, 0.4) is 0 Å². The van der Waals surface area contributed by atoms with Crippen LogP contribution in [0.5, 0.6) is 0 Å². The van der Waals surface area contributed by atoms with Crippen LogP contribution in [0, 0.1) is 0 Å². The van der Waals surface area contributed by atoms with Gasteiger partial charge in [0.1, 0.15) is 17.5 Å². The van der Waals surface area contributed by atoms with Crippen molar-refractivity contribution >= 4 is 57.7 Å². The van der Waals surface area contributed by atoms with Gasteiger partial charge in [0.05, 0.1) is 5.52 Å².